The lowest BCUT2D eigenvalue weighted by molar-refractivity contribution is 0.434. The van der Waals surface area contributed by atoms with E-state index in [0.29, 0.717) is 32.4 Å². The van der Waals surface area contributed by atoms with Crippen LogP contribution < -0.4 is 10.2 Å². The third-order valence-electron chi connectivity index (χ3n) is 5.67. The normalized spacial score (nSPS) is 17.9. The largest absolute Gasteiger partial charge is 0.506 e. The van der Waals surface area contributed by atoms with Crippen molar-refractivity contribution in [2.45, 2.75) is 19.0 Å². The van der Waals surface area contributed by atoms with Crippen LogP contribution in [0.5, 0.6) is 5.75 Å². The molecule has 2 N–H and O–H groups in total. The predicted molar refractivity (Wildman–Crippen MR) is 135 cm³/mol. The van der Waals surface area contributed by atoms with Gasteiger partial charge in [-0.15, -0.1) is 0 Å². The number of nitrogens with one attached hydrogen (secondary N) is 1. The van der Waals surface area contributed by atoms with Crippen molar-refractivity contribution in [1.82, 2.24) is 10.3 Å². The summed E-state index contributed by atoms with van der Waals surface area (Å²) >= 11 is 18.3. The van der Waals surface area contributed by atoms with Gasteiger partial charge in [0.2, 0.25) is 0 Å². The Hall–Kier alpha value is -3.06. The highest BCUT2D eigenvalue weighted by Crippen LogP contribution is 2.46. The van der Waals surface area contributed by atoms with Crippen molar-refractivity contribution in [2.24, 2.45) is 0 Å². The first-order valence-electron chi connectivity index (χ1n) is 10.3. The monoisotopic (exact) mass is 495 g/mol. The van der Waals surface area contributed by atoms with Crippen LogP contribution in [0.3, 0.4) is 0 Å². The summed E-state index contributed by atoms with van der Waals surface area (Å²) in [5, 5.41) is 15.6. The topological polar surface area (TPSA) is 61.5 Å². The van der Waals surface area contributed by atoms with Crippen LogP contribution in [0.2, 0.25) is 10.0 Å². The highest BCUT2D eigenvalue weighted by atomic mass is 35.5. The summed E-state index contributed by atoms with van der Waals surface area (Å²) in [6.07, 6.45) is 1.73. The highest BCUT2D eigenvalue weighted by molar-refractivity contribution is 7.80. The molecule has 1 fully saturated rings. The van der Waals surface area contributed by atoms with Gasteiger partial charge in [-0.1, -0.05) is 41.4 Å². The Morgan fingerprint density at radius 2 is 1.91 bits per heavy atom. The summed E-state index contributed by atoms with van der Waals surface area (Å²) in [4.78, 5) is 6.35. The average Bonchev–Trinajstić information content (AvgIpc) is 3.42. The molecule has 166 valence electrons. The summed E-state index contributed by atoms with van der Waals surface area (Å²) in [6.45, 7) is 1.96. The average molecular weight is 496 g/mol. The fraction of sp³-hybridized carbons (Fsp3) is 0.120. The number of anilines is 1. The van der Waals surface area contributed by atoms with E-state index in [0.717, 1.165) is 16.8 Å². The minimum absolute atomic E-state index is 0.0623. The number of nitrogens with zero attached hydrogens (tertiary/aromatic N) is 2. The highest BCUT2D eigenvalue weighted by Gasteiger charge is 2.43. The van der Waals surface area contributed by atoms with Gasteiger partial charge in [0.25, 0.3) is 0 Å². The number of rotatable bonds is 4. The molecular formula is C25H19Cl2N3O2S. The molecule has 1 aliphatic heterocycles. The predicted octanol–water partition coefficient (Wildman–Crippen LogP) is 6.84. The molecule has 2 aromatic heterocycles. The molecule has 0 radical (unpaired) electrons. The van der Waals surface area contributed by atoms with Crippen LogP contribution >= 0.6 is 35.4 Å². The van der Waals surface area contributed by atoms with Crippen LogP contribution in [-0.2, 0) is 0 Å². The molecule has 2 unspecified atom stereocenters. The van der Waals surface area contributed by atoms with Gasteiger partial charge in [0.05, 0.1) is 17.4 Å². The Balaban J connectivity index is 1.62. The second-order valence-electron chi connectivity index (χ2n) is 7.80. The van der Waals surface area contributed by atoms with Gasteiger partial charge in [-0.2, -0.15) is 0 Å². The number of hydrogen-bond donors (Lipinski definition) is 2. The third-order valence-corrected chi connectivity index (χ3v) is 6.63. The standard InChI is InChI=1S/C25H19Cl2N3O2S/c1-14-5-6-15(12-17(14)27)21-9-10-22(32-21)24-23(18-4-2-3-11-28-18)29-25(33)30(24)19-13-16(26)7-8-20(19)31/h2-13,23-24,31H,1H3,(H,29,33). The second-order valence-corrected chi connectivity index (χ2v) is 9.03. The molecule has 0 bridgehead atoms. The van der Waals surface area contributed by atoms with E-state index < -0.39 is 6.04 Å². The first-order chi connectivity index (χ1) is 15.9. The molecule has 3 heterocycles. The van der Waals surface area contributed by atoms with Gasteiger partial charge in [-0.3, -0.25) is 4.98 Å². The van der Waals surface area contributed by atoms with E-state index in [4.69, 9.17) is 39.8 Å². The zero-order valence-electron chi connectivity index (χ0n) is 17.5. The van der Waals surface area contributed by atoms with Crippen LogP contribution in [0.4, 0.5) is 5.69 Å². The second kappa shape index (κ2) is 8.71. The van der Waals surface area contributed by atoms with E-state index in [1.807, 2.05) is 60.4 Å². The first-order valence-corrected chi connectivity index (χ1v) is 11.4. The Morgan fingerprint density at radius 1 is 1.06 bits per heavy atom. The molecule has 5 nitrogen and oxygen atoms in total. The lowest BCUT2D eigenvalue weighted by Gasteiger charge is -2.26. The quantitative estimate of drug-likeness (QED) is 0.302. The van der Waals surface area contributed by atoms with E-state index in [1.54, 1.807) is 24.4 Å². The zero-order chi connectivity index (χ0) is 23.1. The molecule has 8 heteroatoms. The first kappa shape index (κ1) is 21.8. The molecule has 4 aromatic rings. The van der Waals surface area contributed by atoms with E-state index >= 15 is 0 Å². The van der Waals surface area contributed by atoms with Crippen molar-refractivity contribution >= 4 is 46.2 Å². The Morgan fingerprint density at radius 3 is 2.67 bits per heavy atom. The molecule has 0 amide bonds. The molecule has 2 atom stereocenters. The van der Waals surface area contributed by atoms with Crippen LogP contribution in [-0.4, -0.2) is 15.2 Å². The number of halogens is 2. The van der Waals surface area contributed by atoms with Crippen molar-refractivity contribution in [2.75, 3.05) is 4.90 Å². The van der Waals surface area contributed by atoms with Crippen molar-refractivity contribution < 1.29 is 9.52 Å². The van der Waals surface area contributed by atoms with Gasteiger partial charge < -0.3 is 19.7 Å². The number of thiocarbonyl (C=S) groups is 1. The zero-order valence-corrected chi connectivity index (χ0v) is 19.8. The van der Waals surface area contributed by atoms with Crippen molar-refractivity contribution in [1.29, 1.82) is 0 Å². The van der Waals surface area contributed by atoms with Crippen LogP contribution in [0, 0.1) is 6.92 Å². The van der Waals surface area contributed by atoms with E-state index in [2.05, 4.69) is 10.3 Å². The number of aromatic hydroxyl groups is 1. The number of hydrogen-bond acceptors (Lipinski definition) is 4. The minimum Gasteiger partial charge on any atom is -0.506 e. The molecule has 33 heavy (non-hydrogen) atoms. The Bertz CT molecular complexity index is 1340. The molecule has 0 spiro atoms. The summed E-state index contributed by atoms with van der Waals surface area (Å²) in [5.41, 5.74) is 3.15. The third kappa shape index (κ3) is 4.06. The fourth-order valence-electron chi connectivity index (χ4n) is 4.01. The molecule has 5 rings (SSSR count). The van der Waals surface area contributed by atoms with Gasteiger partial charge in [-0.25, -0.2) is 0 Å². The van der Waals surface area contributed by atoms with Crippen molar-refractivity contribution in [3.63, 3.8) is 0 Å². The van der Waals surface area contributed by atoms with Crippen LogP contribution in [0.1, 0.15) is 29.1 Å². The molecule has 1 aliphatic rings. The van der Waals surface area contributed by atoms with E-state index in [1.165, 1.54) is 0 Å². The molecule has 0 saturated carbocycles. The minimum atomic E-state index is -0.411. The van der Waals surface area contributed by atoms with Gasteiger partial charge in [0, 0.05) is 21.8 Å². The van der Waals surface area contributed by atoms with E-state index in [9.17, 15) is 5.11 Å². The molecule has 0 aliphatic carbocycles. The maximum atomic E-state index is 10.6. The maximum absolute atomic E-state index is 10.6. The number of aryl methyl sites for hydroxylation is 1. The van der Waals surface area contributed by atoms with Gasteiger partial charge in [-0.05, 0) is 73.2 Å². The smallest absolute Gasteiger partial charge is 0.174 e. The number of phenols is 1. The number of benzene rings is 2. The lowest BCUT2D eigenvalue weighted by Crippen LogP contribution is -2.29. The molecule has 1 saturated heterocycles. The molecule has 2 aromatic carbocycles. The van der Waals surface area contributed by atoms with Gasteiger partial charge in [0.1, 0.15) is 23.3 Å². The van der Waals surface area contributed by atoms with Crippen LogP contribution in [0.25, 0.3) is 11.3 Å². The van der Waals surface area contributed by atoms with E-state index in [-0.39, 0.29) is 11.8 Å². The number of furan rings is 1. The number of aromatic nitrogens is 1. The summed E-state index contributed by atoms with van der Waals surface area (Å²) in [5.74, 6) is 1.40. The summed E-state index contributed by atoms with van der Waals surface area (Å²) in [7, 11) is 0. The summed E-state index contributed by atoms with van der Waals surface area (Å²) < 4.78 is 6.33. The van der Waals surface area contributed by atoms with Crippen LogP contribution in [0.15, 0.2) is 77.3 Å². The molecular weight excluding hydrogens is 477 g/mol. The SMILES string of the molecule is Cc1ccc(-c2ccc(C3C(c4ccccn4)NC(=S)N3c3cc(Cl)ccc3O)o2)cc1Cl. The van der Waals surface area contributed by atoms with Crippen molar-refractivity contribution in [3.8, 4) is 17.1 Å². The maximum Gasteiger partial charge on any atom is 0.174 e. The number of phenolic OH excluding ortho intramolecular Hbond substituents is 1. The Kier molecular flexibility index (Phi) is 5.74. The Labute approximate surface area is 206 Å². The van der Waals surface area contributed by atoms with Gasteiger partial charge in [0.15, 0.2) is 5.11 Å². The lowest BCUT2D eigenvalue weighted by atomic mass is 10.0. The number of pyridine rings is 1. The van der Waals surface area contributed by atoms with Crippen molar-refractivity contribution in [3.05, 3.63) is 100.0 Å². The fourth-order valence-corrected chi connectivity index (χ4v) is 4.69. The van der Waals surface area contributed by atoms with Gasteiger partial charge >= 0.3 is 0 Å². The summed E-state index contributed by atoms with van der Waals surface area (Å²) in [6, 6.07) is 19.5.